The zero-order valence-electron chi connectivity index (χ0n) is 15.6. The van der Waals surface area contributed by atoms with Gasteiger partial charge < -0.3 is 21.1 Å². The number of hydrogen-bond acceptors (Lipinski definition) is 8. The average Bonchev–Trinajstić information content (AvgIpc) is 3.15. The van der Waals surface area contributed by atoms with Crippen molar-refractivity contribution in [3.63, 3.8) is 0 Å². The van der Waals surface area contributed by atoms with Crippen molar-refractivity contribution in [1.29, 1.82) is 0 Å². The fraction of sp³-hybridized carbons (Fsp3) is 0.167. The number of amides is 3. The Balaban J connectivity index is 1.57. The normalized spacial score (nSPS) is 12.6. The van der Waals surface area contributed by atoms with Crippen LogP contribution < -0.4 is 21.1 Å². The first-order chi connectivity index (χ1) is 14.3. The summed E-state index contributed by atoms with van der Waals surface area (Å²) < 4.78 is 6.35. The summed E-state index contributed by atoms with van der Waals surface area (Å²) in [5.74, 6) is -1.99. The third kappa shape index (κ3) is 3.53. The predicted molar refractivity (Wildman–Crippen MR) is 101 cm³/mol. The van der Waals surface area contributed by atoms with Gasteiger partial charge in [-0.25, -0.2) is 4.98 Å². The van der Waals surface area contributed by atoms with Gasteiger partial charge in [-0.1, -0.05) is 6.07 Å². The van der Waals surface area contributed by atoms with Crippen LogP contribution in [-0.4, -0.2) is 49.7 Å². The number of hydrogen-bond donors (Lipinski definition) is 3. The second-order valence-electron chi connectivity index (χ2n) is 6.44. The molecule has 2 aromatic heterocycles. The predicted octanol–water partition coefficient (Wildman–Crippen LogP) is -0.313. The Morgan fingerprint density at radius 3 is 2.80 bits per heavy atom. The van der Waals surface area contributed by atoms with Crippen LogP contribution in [0.25, 0.3) is 5.78 Å². The van der Waals surface area contributed by atoms with E-state index in [1.165, 1.54) is 13.0 Å². The summed E-state index contributed by atoms with van der Waals surface area (Å²) in [6.07, 6.45) is 0. The Kier molecular flexibility index (Phi) is 4.58. The molecule has 30 heavy (non-hydrogen) atoms. The van der Waals surface area contributed by atoms with E-state index in [1.807, 2.05) is 0 Å². The van der Waals surface area contributed by atoms with Crippen LogP contribution in [-0.2, 0) is 11.3 Å². The number of carbonyl (C=O) groups is 4. The minimum absolute atomic E-state index is 0.0267. The molecule has 4 N–H and O–H groups in total. The molecular formula is C18H15N7O5. The molecule has 152 valence electrons. The van der Waals surface area contributed by atoms with E-state index in [4.69, 9.17) is 10.5 Å². The topological polar surface area (TPSA) is 171 Å². The van der Waals surface area contributed by atoms with Gasteiger partial charge in [0.2, 0.25) is 5.82 Å². The molecule has 1 aromatic carbocycles. The molecule has 0 aliphatic carbocycles. The minimum Gasteiger partial charge on any atom is -0.482 e. The molecule has 1 aliphatic heterocycles. The largest absolute Gasteiger partial charge is 0.482 e. The van der Waals surface area contributed by atoms with Crippen LogP contribution >= 0.6 is 0 Å². The van der Waals surface area contributed by atoms with Gasteiger partial charge in [0.1, 0.15) is 17.1 Å². The Morgan fingerprint density at radius 1 is 1.27 bits per heavy atom. The molecular weight excluding hydrogens is 394 g/mol. The van der Waals surface area contributed by atoms with E-state index < -0.39 is 17.6 Å². The number of fused-ring (bicyclic) bond motifs is 2. The fourth-order valence-electron chi connectivity index (χ4n) is 2.85. The minimum atomic E-state index is -0.885. The van der Waals surface area contributed by atoms with Gasteiger partial charge in [0.15, 0.2) is 12.4 Å². The molecule has 12 heteroatoms. The third-order valence-electron chi connectivity index (χ3n) is 4.26. The summed E-state index contributed by atoms with van der Waals surface area (Å²) in [4.78, 5) is 55.2. The summed E-state index contributed by atoms with van der Waals surface area (Å²) in [6, 6.07) is 6.37. The van der Waals surface area contributed by atoms with Crippen LogP contribution in [0.15, 0.2) is 24.3 Å². The molecule has 0 saturated heterocycles. The molecule has 0 bridgehead atoms. The van der Waals surface area contributed by atoms with E-state index in [1.54, 1.807) is 18.2 Å². The summed E-state index contributed by atoms with van der Waals surface area (Å²) in [5, 5.41) is 9.21. The quantitative estimate of drug-likeness (QED) is 0.482. The van der Waals surface area contributed by atoms with Gasteiger partial charge in [0.05, 0.1) is 5.69 Å². The molecule has 4 rings (SSSR count). The van der Waals surface area contributed by atoms with Crippen molar-refractivity contribution in [3.05, 3.63) is 47.0 Å². The second-order valence-corrected chi connectivity index (χ2v) is 6.44. The highest BCUT2D eigenvalue weighted by Crippen LogP contribution is 2.28. The van der Waals surface area contributed by atoms with Crippen LogP contribution in [0.5, 0.6) is 5.75 Å². The molecule has 0 fully saturated rings. The number of nitrogens with one attached hydrogen (secondary N) is 2. The number of nitrogens with zero attached hydrogens (tertiary/aromatic N) is 4. The lowest BCUT2D eigenvalue weighted by Crippen LogP contribution is -2.27. The van der Waals surface area contributed by atoms with E-state index >= 15 is 0 Å². The van der Waals surface area contributed by atoms with Crippen LogP contribution in [0, 0.1) is 0 Å². The number of aromatic nitrogens is 4. The zero-order chi connectivity index (χ0) is 21.4. The number of rotatable bonds is 5. The molecule has 0 unspecified atom stereocenters. The Hall–Kier alpha value is -4.35. The zero-order valence-corrected chi connectivity index (χ0v) is 15.6. The fourth-order valence-corrected chi connectivity index (χ4v) is 2.85. The van der Waals surface area contributed by atoms with E-state index in [2.05, 4.69) is 25.7 Å². The molecule has 3 heterocycles. The summed E-state index contributed by atoms with van der Waals surface area (Å²) in [5.41, 5.74) is 6.34. The van der Waals surface area contributed by atoms with Crippen molar-refractivity contribution < 1.29 is 23.9 Å². The van der Waals surface area contributed by atoms with Crippen molar-refractivity contribution >= 4 is 35.0 Å². The lowest BCUT2D eigenvalue weighted by molar-refractivity contribution is -0.118. The summed E-state index contributed by atoms with van der Waals surface area (Å²) >= 11 is 0. The molecule has 0 spiro atoms. The molecule has 0 atom stereocenters. The number of ketones is 1. The van der Waals surface area contributed by atoms with Gasteiger partial charge in [0, 0.05) is 13.5 Å². The molecule has 1 aliphatic rings. The van der Waals surface area contributed by atoms with Crippen molar-refractivity contribution in [3.8, 4) is 5.75 Å². The Labute approximate surface area is 168 Å². The summed E-state index contributed by atoms with van der Waals surface area (Å²) in [7, 11) is 0. The first-order valence-corrected chi connectivity index (χ1v) is 8.74. The maximum Gasteiger partial charge on any atom is 0.288 e. The highest BCUT2D eigenvalue weighted by atomic mass is 16.5. The highest BCUT2D eigenvalue weighted by molar-refractivity contribution is 5.98. The van der Waals surface area contributed by atoms with Gasteiger partial charge in [-0.3, -0.25) is 19.2 Å². The molecule has 3 aromatic rings. The van der Waals surface area contributed by atoms with E-state index in [9.17, 15) is 19.2 Å². The molecule has 3 amide bonds. The van der Waals surface area contributed by atoms with Crippen LogP contribution in [0.3, 0.4) is 0 Å². The molecule has 12 nitrogen and oxygen atoms in total. The van der Waals surface area contributed by atoms with E-state index in [0.29, 0.717) is 17.0 Å². The van der Waals surface area contributed by atoms with E-state index in [0.717, 1.165) is 4.52 Å². The van der Waals surface area contributed by atoms with Gasteiger partial charge in [0.25, 0.3) is 23.5 Å². The lowest BCUT2D eigenvalue weighted by atomic mass is 10.1. The summed E-state index contributed by atoms with van der Waals surface area (Å²) in [6.45, 7) is 1.37. The van der Waals surface area contributed by atoms with Crippen molar-refractivity contribution in [2.24, 2.45) is 5.73 Å². The average molecular weight is 409 g/mol. The standard InChI is InChI=1S/C18H15N7O5/c1-8(26)12-5-11(22-18-23-16(15(19)28)24-25(12)18)17(29)20-6-9-2-3-13-10(4-9)21-14(27)7-30-13/h2-5H,6-7H2,1H3,(H2,19,28)(H,20,29)(H,21,27). The van der Waals surface area contributed by atoms with Crippen molar-refractivity contribution in [2.45, 2.75) is 13.5 Å². The van der Waals surface area contributed by atoms with Gasteiger partial charge in [-0.2, -0.15) is 9.50 Å². The van der Waals surface area contributed by atoms with Crippen LogP contribution in [0.4, 0.5) is 5.69 Å². The number of primary amides is 1. The van der Waals surface area contributed by atoms with Crippen molar-refractivity contribution in [1.82, 2.24) is 24.9 Å². The molecule has 0 radical (unpaired) electrons. The first kappa shape index (κ1) is 19.0. The number of nitrogens with two attached hydrogens (primary N) is 1. The number of benzene rings is 1. The van der Waals surface area contributed by atoms with Gasteiger partial charge in [-0.05, 0) is 23.8 Å². The van der Waals surface area contributed by atoms with Gasteiger partial charge in [-0.15, -0.1) is 5.10 Å². The number of Topliss-reactive ketones (excluding diaryl/α,β-unsaturated/α-hetero) is 1. The second kappa shape index (κ2) is 7.24. The smallest absolute Gasteiger partial charge is 0.288 e. The maximum absolute atomic E-state index is 12.6. The SMILES string of the molecule is CC(=O)c1cc(C(=O)NCc2ccc3c(c2)NC(=O)CO3)nc2nc(C(N)=O)nn12. The third-order valence-corrected chi connectivity index (χ3v) is 4.26. The number of ether oxygens (including phenoxy) is 1. The maximum atomic E-state index is 12.6. The highest BCUT2D eigenvalue weighted by Gasteiger charge is 2.20. The number of anilines is 1. The monoisotopic (exact) mass is 409 g/mol. The molecule has 0 saturated carbocycles. The Morgan fingerprint density at radius 2 is 2.07 bits per heavy atom. The van der Waals surface area contributed by atoms with Gasteiger partial charge >= 0.3 is 0 Å². The Bertz CT molecular complexity index is 1230. The van der Waals surface area contributed by atoms with Crippen molar-refractivity contribution in [2.75, 3.05) is 11.9 Å². The first-order valence-electron chi connectivity index (χ1n) is 8.74. The lowest BCUT2D eigenvalue weighted by Gasteiger charge is -2.18. The van der Waals surface area contributed by atoms with E-state index in [-0.39, 0.29) is 42.0 Å². The van der Waals surface area contributed by atoms with Crippen LogP contribution in [0.2, 0.25) is 0 Å². The van der Waals surface area contributed by atoms with Crippen LogP contribution in [0.1, 0.15) is 44.1 Å². The number of carbonyl (C=O) groups excluding carboxylic acids is 4.